The summed E-state index contributed by atoms with van der Waals surface area (Å²) in [7, 11) is 0. The number of ether oxygens (including phenoxy) is 1. The molecule has 4 aliphatic rings. The van der Waals surface area contributed by atoms with Gasteiger partial charge < -0.3 is 4.74 Å². The van der Waals surface area contributed by atoms with E-state index in [1.54, 1.807) is 12.2 Å². The lowest BCUT2D eigenvalue weighted by Crippen LogP contribution is -2.27. The van der Waals surface area contributed by atoms with E-state index in [9.17, 15) is 44.3 Å². The van der Waals surface area contributed by atoms with E-state index in [0.29, 0.717) is 19.3 Å². The number of alkyl halides is 9. The van der Waals surface area contributed by atoms with Crippen molar-refractivity contribution in [3.63, 3.8) is 0 Å². The van der Waals surface area contributed by atoms with Crippen molar-refractivity contribution in [3.05, 3.63) is 265 Å². The molecule has 0 saturated carbocycles. The van der Waals surface area contributed by atoms with Crippen LogP contribution in [0, 0.1) is 24.7 Å². The van der Waals surface area contributed by atoms with E-state index in [4.69, 9.17) is 11.3 Å². The first-order valence-electron chi connectivity index (χ1n) is 32.8. The summed E-state index contributed by atoms with van der Waals surface area (Å²) in [5, 5.41) is 0. The lowest BCUT2D eigenvalue weighted by Gasteiger charge is -2.34. The number of unbranched alkanes of at least 4 members (excludes halogenated alkanes) is 1. The molecular formula is C84H77F9O2. The first-order valence-corrected chi connectivity index (χ1v) is 32.8. The first kappa shape index (κ1) is 66.3. The molecule has 0 bridgehead atoms. The standard InChI is InChI=1S/C84H77F9O2/c1-11-77(94)95-42-18-17-38-81(50(5)6)75-48-59(57-24-30-64-62-28-21-51(7)43-70(62)79(13-3,72(64)46-57)40-36-53(9)83(88,89)90)26-33-67(75)68-34-27-60(49-76(68)81)58-25-32-66-65-31-23-56(45-73(65)80(14-4,74(66)47-58)41-37-54(10)84(91,92)93)55-22-29-63-61-19-15-16-20-69(61)78(12-2,71(63)44-55)39-35-52(8)82(85,86)87/h11-16,19-34,43-49,52-54H,1-5,17-18,35-42H2,6-10H3. The van der Waals surface area contributed by atoms with Crippen molar-refractivity contribution < 1.29 is 49.0 Å². The minimum atomic E-state index is -4.45. The van der Waals surface area contributed by atoms with Gasteiger partial charge in [0.15, 0.2) is 0 Å². The molecule has 0 spiro atoms. The maximum Gasteiger partial charge on any atom is 0.391 e. The van der Waals surface area contributed by atoms with Gasteiger partial charge in [0.25, 0.3) is 0 Å². The van der Waals surface area contributed by atoms with E-state index in [-0.39, 0.29) is 45.1 Å². The number of carbonyl (C=O) groups excluding carboxylic acids is 1. The Balaban J connectivity index is 0.950. The van der Waals surface area contributed by atoms with Gasteiger partial charge in [-0.25, -0.2) is 4.79 Å². The van der Waals surface area contributed by atoms with Crippen LogP contribution in [0.5, 0.6) is 0 Å². The Kier molecular flexibility index (Phi) is 17.1. The molecular weight excluding hydrogens is 1210 g/mol. The Bertz CT molecular complexity index is 4440. The quantitative estimate of drug-likeness (QED) is 0.0222. The highest BCUT2D eigenvalue weighted by Gasteiger charge is 2.49. The third kappa shape index (κ3) is 11.1. The number of fused-ring (bicyclic) bond motifs is 12. The van der Waals surface area contributed by atoms with Crippen LogP contribution < -0.4 is 0 Å². The van der Waals surface area contributed by atoms with Gasteiger partial charge in [0, 0.05) is 27.7 Å². The average Bonchev–Trinajstić information content (AvgIpc) is 1.58. The Morgan fingerprint density at radius 2 is 0.726 bits per heavy atom. The molecule has 8 aromatic rings. The maximum absolute atomic E-state index is 14.6. The van der Waals surface area contributed by atoms with E-state index >= 15 is 0 Å². The van der Waals surface area contributed by atoms with Crippen molar-refractivity contribution in [3.8, 4) is 77.9 Å². The van der Waals surface area contributed by atoms with Gasteiger partial charge in [-0.1, -0.05) is 179 Å². The molecule has 95 heavy (non-hydrogen) atoms. The minimum absolute atomic E-state index is 0.0892. The van der Waals surface area contributed by atoms with E-state index < -0.39 is 63.9 Å². The molecule has 4 aliphatic carbocycles. The molecule has 7 unspecified atom stereocenters. The van der Waals surface area contributed by atoms with Crippen LogP contribution >= 0.6 is 0 Å². The molecule has 0 heterocycles. The smallest absolute Gasteiger partial charge is 0.391 e. The SMILES string of the molecule is C=CC(=O)OCCCCC1(C(=C)C)c2cc(-c3ccc4c(c3)C(C=C)(CCC(C)C(F)(F)F)c3cc(C)ccc3-4)ccc2-c2ccc(-c3ccc4c(c3)C(C=C)(CCC(C)C(F)(F)F)c3cc(-c5ccc6c(c5)C(C=C)(CCC(C)C(F)(F)F)c5ccccc5-6)ccc3-4)cc21. The van der Waals surface area contributed by atoms with Crippen LogP contribution in [-0.4, -0.2) is 31.1 Å². The highest BCUT2D eigenvalue weighted by molar-refractivity contribution is 5.93. The van der Waals surface area contributed by atoms with Gasteiger partial charge in [-0.05, 0) is 230 Å². The third-order valence-corrected chi connectivity index (χ3v) is 21.9. The van der Waals surface area contributed by atoms with Crippen LogP contribution in [0.4, 0.5) is 39.5 Å². The van der Waals surface area contributed by atoms with Crippen molar-refractivity contribution >= 4 is 5.97 Å². The summed E-state index contributed by atoms with van der Waals surface area (Å²) in [6.07, 6.45) is -4.82. The second-order valence-electron chi connectivity index (χ2n) is 27.1. The molecule has 0 radical (unpaired) electrons. The van der Waals surface area contributed by atoms with Crippen LogP contribution in [0.15, 0.2) is 214 Å². The molecule has 0 fully saturated rings. The number of aryl methyl sites for hydroxylation is 1. The molecule has 488 valence electrons. The first-order chi connectivity index (χ1) is 45.1. The zero-order chi connectivity index (χ0) is 68.0. The van der Waals surface area contributed by atoms with Crippen LogP contribution in [0.1, 0.15) is 136 Å². The highest BCUT2D eigenvalue weighted by atomic mass is 19.4. The third-order valence-electron chi connectivity index (χ3n) is 21.9. The second-order valence-corrected chi connectivity index (χ2v) is 27.1. The minimum Gasteiger partial charge on any atom is -0.463 e. The molecule has 7 atom stereocenters. The Hall–Kier alpha value is -8.70. The summed E-state index contributed by atoms with van der Waals surface area (Å²) in [4.78, 5) is 12.2. The number of esters is 1. The fraction of sp³-hybridized carbons (Fsp3) is 0.298. The molecule has 0 aromatic heterocycles. The fourth-order valence-electron chi connectivity index (χ4n) is 16.1. The number of hydrogen-bond acceptors (Lipinski definition) is 2. The van der Waals surface area contributed by atoms with Crippen molar-refractivity contribution in [2.75, 3.05) is 6.61 Å². The van der Waals surface area contributed by atoms with Crippen molar-refractivity contribution in [2.45, 2.75) is 133 Å². The van der Waals surface area contributed by atoms with Crippen molar-refractivity contribution in [2.24, 2.45) is 17.8 Å². The van der Waals surface area contributed by atoms with E-state index in [1.807, 2.05) is 86.7 Å². The Morgan fingerprint density at radius 1 is 0.421 bits per heavy atom. The van der Waals surface area contributed by atoms with E-state index in [0.717, 1.165) is 140 Å². The maximum atomic E-state index is 14.6. The Labute approximate surface area is 551 Å². The van der Waals surface area contributed by atoms with Crippen LogP contribution in [0.25, 0.3) is 77.9 Å². The number of allylic oxidation sites excluding steroid dienone is 4. The summed E-state index contributed by atoms with van der Waals surface area (Å²) in [6, 6.07) is 51.4. The predicted octanol–water partition coefficient (Wildman–Crippen LogP) is 24.0. The largest absolute Gasteiger partial charge is 0.463 e. The highest BCUT2D eigenvalue weighted by Crippen LogP contribution is 2.61. The monoisotopic (exact) mass is 1290 g/mol. The number of hydrogen-bond donors (Lipinski definition) is 0. The number of carbonyl (C=O) groups is 1. The molecule has 0 saturated heterocycles. The normalized spacial score (nSPS) is 20.4. The molecule has 0 amide bonds. The zero-order valence-electron chi connectivity index (χ0n) is 54.3. The van der Waals surface area contributed by atoms with Gasteiger partial charge in [0.05, 0.1) is 24.4 Å². The fourth-order valence-corrected chi connectivity index (χ4v) is 16.1. The van der Waals surface area contributed by atoms with Gasteiger partial charge in [-0.3, -0.25) is 0 Å². The van der Waals surface area contributed by atoms with E-state index in [1.165, 1.54) is 20.8 Å². The second kappa shape index (κ2) is 24.5. The predicted molar refractivity (Wildman–Crippen MR) is 366 cm³/mol. The molecule has 8 aromatic carbocycles. The molecule has 0 N–H and O–H groups in total. The lowest BCUT2D eigenvalue weighted by atomic mass is 9.69. The van der Waals surface area contributed by atoms with E-state index in [2.05, 4.69) is 111 Å². The van der Waals surface area contributed by atoms with Gasteiger partial charge in [-0.2, -0.15) is 39.5 Å². The number of benzene rings is 8. The van der Waals surface area contributed by atoms with Gasteiger partial charge >= 0.3 is 24.5 Å². The topological polar surface area (TPSA) is 26.3 Å². The lowest BCUT2D eigenvalue weighted by molar-refractivity contribution is -0.172. The van der Waals surface area contributed by atoms with Gasteiger partial charge in [0.1, 0.15) is 0 Å². The molecule has 0 aliphatic heterocycles. The summed E-state index contributed by atoms with van der Waals surface area (Å²) in [6.45, 7) is 29.1. The molecule has 2 nitrogen and oxygen atoms in total. The van der Waals surface area contributed by atoms with Gasteiger partial charge in [0.2, 0.25) is 0 Å². The summed E-state index contributed by atoms with van der Waals surface area (Å²) in [5.41, 5.74) is 18.0. The molecule has 11 heteroatoms. The number of halogens is 9. The van der Waals surface area contributed by atoms with Crippen LogP contribution in [-0.2, 0) is 31.2 Å². The van der Waals surface area contributed by atoms with Crippen LogP contribution in [0.2, 0.25) is 0 Å². The average molecular weight is 1290 g/mol. The summed E-state index contributed by atoms with van der Waals surface area (Å²) < 4.78 is 134. The van der Waals surface area contributed by atoms with Gasteiger partial charge in [-0.15, -0.1) is 19.7 Å². The summed E-state index contributed by atoms with van der Waals surface area (Å²) >= 11 is 0. The number of rotatable bonds is 22. The summed E-state index contributed by atoms with van der Waals surface area (Å²) in [5.74, 6) is -5.21. The van der Waals surface area contributed by atoms with Crippen molar-refractivity contribution in [1.82, 2.24) is 0 Å². The molecule has 12 rings (SSSR count). The van der Waals surface area contributed by atoms with Crippen molar-refractivity contribution in [1.29, 1.82) is 0 Å². The zero-order valence-corrected chi connectivity index (χ0v) is 54.3. The Morgan fingerprint density at radius 3 is 1.06 bits per heavy atom. The van der Waals surface area contributed by atoms with Crippen LogP contribution in [0.3, 0.4) is 0 Å².